The quantitative estimate of drug-likeness (QED) is 0.455. The van der Waals surface area contributed by atoms with Gasteiger partial charge in [0.1, 0.15) is 12.7 Å². The van der Waals surface area contributed by atoms with Crippen LogP contribution in [0.15, 0.2) is 24.0 Å². The van der Waals surface area contributed by atoms with Gasteiger partial charge in [-0.25, -0.2) is 4.79 Å². The highest BCUT2D eigenvalue weighted by molar-refractivity contribution is 5.87. The Hall–Kier alpha value is -2.88. The molecule has 0 bridgehead atoms. The van der Waals surface area contributed by atoms with Gasteiger partial charge in [0.2, 0.25) is 0 Å². The third-order valence-corrected chi connectivity index (χ3v) is 4.66. The highest BCUT2D eigenvalue weighted by Crippen LogP contribution is 2.33. The molecule has 29 heavy (non-hydrogen) atoms. The molecule has 2 rings (SSSR count). The Balaban J connectivity index is 2.04. The fourth-order valence-corrected chi connectivity index (χ4v) is 3.07. The van der Waals surface area contributed by atoms with Gasteiger partial charge in [0.25, 0.3) is 0 Å². The summed E-state index contributed by atoms with van der Waals surface area (Å²) in [5.74, 6) is -2.97. The summed E-state index contributed by atoms with van der Waals surface area (Å²) in [7, 11) is 1.23. The van der Waals surface area contributed by atoms with Gasteiger partial charge in [0, 0.05) is 31.7 Å². The molecule has 0 aromatic carbocycles. The molecule has 10 heteroatoms. The summed E-state index contributed by atoms with van der Waals surface area (Å²) < 4.78 is 21.0. The van der Waals surface area contributed by atoms with E-state index < -0.39 is 42.3 Å². The number of rotatable bonds is 8. The van der Waals surface area contributed by atoms with Crippen LogP contribution in [0.1, 0.15) is 33.1 Å². The van der Waals surface area contributed by atoms with E-state index >= 15 is 0 Å². The average molecular weight is 411 g/mol. The molecule has 0 unspecified atom stereocenters. The molecule has 2 heterocycles. The molecule has 10 nitrogen and oxygen atoms in total. The minimum absolute atomic E-state index is 0.0869. The zero-order chi connectivity index (χ0) is 21.6. The van der Waals surface area contributed by atoms with E-state index in [4.69, 9.17) is 14.2 Å². The summed E-state index contributed by atoms with van der Waals surface area (Å²) in [5.41, 5.74) is 0.169. The predicted molar refractivity (Wildman–Crippen MR) is 96.9 cm³/mol. The monoisotopic (exact) mass is 411 g/mol. The molecular weight excluding hydrogens is 386 g/mol. The molecule has 0 amide bonds. The van der Waals surface area contributed by atoms with E-state index in [9.17, 15) is 24.3 Å². The molecule has 2 aliphatic rings. The lowest BCUT2D eigenvalue weighted by atomic mass is 10.00. The number of nitrogens with zero attached hydrogens (tertiary/aromatic N) is 1. The summed E-state index contributed by atoms with van der Waals surface area (Å²) in [6, 6.07) is 0. The van der Waals surface area contributed by atoms with Crippen LogP contribution >= 0.6 is 0 Å². The van der Waals surface area contributed by atoms with E-state index in [1.54, 1.807) is 19.2 Å². The highest BCUT2D eigenvalue weighted by atomic mass is 16.6. The summed E-state index contributed by atoms with van der Waals surface area (Å²) in [5, 5.41) is 9.22. The molecule has 1 saturated heterocycles. The second-order valence-electron chi connectivity index (χ2n) is 6.75. The topological polar surface area (TPSA) is 129 Å². The fraction of sp³-hybridized carbons (Fsp3) is 0.579. The molecule has 160 valence electrons. The molecule has 2 aliphatic heterocycles. The van der Waals surface area contributed by atoms with Crippen molar-refractivity contribution in [1.82, 2.24) is 4.90 Å². The number of methoxy groups -OCH3 is 1. The Morgan fingerprint density at radius 2 is 1.93 bits per heavy atom. The smallest absolute Gasteiger partial charge is 0.333 e. The van der Waals surface area contributed by atoms with Crippen LogP contribution in [0.2, 0.25) is 0 Å². The van der Waals surface area contributed by atoms with Crippen molar-refractivity contribution in [2.24, 2.45) is 5.92 Å². The maximum Gasteiger partial charge on any atom is 0.333 e. The lowest BCUT2D eigenvalue weighted by molar-refractivity contribution is -0.156. The third-order valence-electron chi connectivity index (χ3n) is 4.66. The number of carboxylic acid groups (broad SMARTS) is 1. The maximum atomic E-state index is 11.8. The average Bonchev–Trinajstić information content (AvgIpc) is 2.99. The molecular formula is C19H25NO9. The van der Waals surface area contributed by atoms with Crippen molar-refractivity contribution in [3.8, 4) is 0 Å². The van der Waals surface area contributed by atoms with Crippen LogP contribution in [0.3, 0.4) is 0 Å². The Labute approximate surface area is 168 Å². The van der Waals surface area contributed by atoms with Crippen molar-refractivity contribution in [3.05, 3.63) is 24.0 Å². The molecule has 0 aromatic rings. The molecule has 0 saturated carbocycles. The van der Waals surface area contributed by atoms with Gasteiger partial charge in [0.05, 0.1) is 25.5 Å². The largest absolute Gasteiger partial charge is 0.478 e. The van der Waals surface area contributed by atoms with Crippen LogP contribution in [0.4, 0.5) is 0 Å². The van der Waals surface area contributed by atoms with Crippen molar-refractivity contribution in [2.75, 3.05) is 13.7 Å². The second-order valence-corrected chi connectivity index (χ2v) is 6.75. The summed E-state index contributed by atoms with van der Waals surface area (Å²) in [4.78, 5) is 47.3. The van der Waals surface area contributed by atoms with Crippen molar-refractivity contribution in [3.63, 3.8) is 0 Å². The molecule has 1 fully saturated rings. The number of carbonyl (C=O) groups excluding carboxylic acids is 3. The van der Waals surface area contributed by atoms with Crippen LogP contribution in [0.25, 0.3) is 0 Å². The lowest BCUT2D eigenvalue weighted by Gasteiger charge is -2.30. The van der Waals surface area contributed by atoms with Gasteiger partial charge in [-0.15, -0.1) is 0 Å². The lowest BCUT2D eigenvalue weighted by Crippen LogP contribution is -2.40. The van der Waals surface area contributed by atoms with Gasteiger partial charge >= 0.3 is 23.9 Å². The zero-order valence-corrected chi connectivity index (χ0v) is 16.5. The van der Waals surface area contributed by atoms with Crippen molar-refractivity contribution >= 4 is 23.9 Å². The van der Waals surface area contributed by atoms with Gasteiger partial charge in [-0.1, -0.05) is 13.0 Å². The van der Waals surface area contributed by atoms with E-state index in [1.807, 2.05) is 0 Å². The van der Waals surface area contributed by atoms with Crippen molar-refractivity contribution in [2.45, 2.75) is 51.5 Å². The Bertz CT molecular complexity index is 714. The van der Waals surface area contributed by atoms with E-state index in [1.165, 1.54) is 25.1 Å². The Morgan fingerprint density at radius 3 is 2.55 bits per heavy atom. The number of aliphatic carboxylic acids is 1. The normalized spacial score (nSPS) is 25.9. The number of esters is 3. The van der Waals surface area contributed by atoms with Gasteiger partial charge in [-0.2, -0.15) is 0 Å². The second kappa shape index (κ2) is 10.1. The molecule has 0 aliphatic carbocycles. The minimum atomic E-state index is -1.05. The van der Waals surface area contributed by atoms with Crippen LogP contribution in [-0.4, -0.2) is 66.0 Å². The van der Waals surface area contributed by atoms with E-state index in [0.717, 1.165) is 0 Å². The van der Waals surface area contributed by atoms with Crippen molar-refractivity contribution in [1.29, 1.82) is 0 Å². The summed E-state index contributed by atoms with van der Waals surface area (Å²) in [6.45, 7) is 2.97. The molecule has 4 atom stereocenters. The predicted octanol–water partition coefficient (Wildman–Crippen LogP) is 0.963. The maximum absolute atomic E-state index is 11.8. The van der Waals surface area contributed by atoms with Crippen LogP contribution in [-0.2, 0) is 38.1 Å². The SMILES string of the molecule is COC(=O)CCC(=O)OC[C@H]1O[C@@H](N2C=CCC(C(=O)O)=C2)[C@H](OC(C)=O)[C@@H]1C. The van der Waals surface area contributed by atoms with E-state index in [2.05, 4.69) is 4.74 Å². The zero-order valence-electron chi connectivity index (χ0n) is 16.5. The number of ether oxygens (including phenoxy) is 4. The van der Waals surface area contributed by atoms with Gasteiger partial charge in [0.15, 0.2) is 12.3 Å². The number of hydrogen-bond acceptors (Lipinski definition) is 9. The summed E-state index contributed by atoms with van der Waals surface area (Å²) in [6.07, 6.45) is 2.78. The first-order valence-corrected chi connectivity index (χ1v) is 9.16. The first-order valence-electron chi connectivity index (χ1n) is 9.16. The van der Waals surface area contributed by atoms with Crippen LogP contribution < -0.4 is 0 Å². The van der Waals surface area contributed by atoms with Gasteiger partial charge < -0.3 is 29.0 Å². The molecule has 0 radical (unpaired) electrons. The number of hydrogen-bond donors (Lipinski definition) is 1. The highest BCUT2D eigenvalue weighted by Gasteiger charge is 2.47. The summed E-state index contributed by atoms with van der Waals surface area (Å²) >= 11 is 0. The Morgan fingerprint density at radius 1 is 1.24 bits per heavy atom. The first-order chi connectivity index (χ1) is 13.7. The van der Waals surface area contributed by atoms with E-state index in [-0.39, 0.29) is 37.4 Å². The fourth-order valence-electron chi connectivity index (χ4n) is 3.07. The number of carboxylic acids is 1. The minimum Gasteiger partial charge on any atom is -0.478 e. The number of allylic oxidation sites excluding steroid dienone is 1. The molecule has 0 aromatic heterocycles. The third kappa shape index (κ3) is 6.05. The van der Waals surface area contributed by atoms with Crippen LogP contribution in [0.5, 0.6) is 0 Å². The molecule has 0 spiro atoms. The van der Waals surface area contributed by atoms with Crippen LogP contribution in [0, 0.1) is 5.92 Å². The standard InChI is InChI=1S/C19H25NO9/c1-11-14(10-27-16(23)7-6-15(22)26-3)29-18(17(11)28-12(2)21)20-8-4-5-13(9-20)19(24)25/h4,8-9,11,14,17-18H,5-7,10H2,1-3H3,(H,24,25)/t11-,14-,17-,18-/m1/s1. The Kier molecular flexibility index (Phi) is 7.77. The van der Waals surface area contributed by atoms with Gasteiger partial charge in [-0.05, 0) is 0 Å². The van der Waals surface area contributed by atoms with Crippen molar-refractivity contribution < 1.29 is 43.2 Å². The van der Waals surface area contributed by atoms with E-state index in [0.29, 0.717) is 0 Å². The number of carbonyl (C=O) groups is 4. The van der Waals surface area contributed by atoms with Gasteiger partial charge in [-0.3, -0.25) is 14.4 Å². The molecule has 1 N–H and O–H groups in total. The first kappa shape index (κ1) is 22.4.